The smallest absolute Gasteiger partial charge is 0.138 e. The van der Waals surface area contributed by atoms with Gasteiger partial charge >= 0.3 is 0 Å². The highest BCUT2D eigenvalue weighted by Gasteiger charge is 2.08. The van der Waals surface area contributed by atoms with Gasteiger partial charge in [-0.25, -0.2) is 9.37 Å². The van der Waals surface area contributed by atoms with E-state index in [1.54, 1.807) is 12.3 Å². The third-order valence-corrected chi connectivity index (χ3v) is 5.69. The monoisotopic (exact) mass is 445 g/mol. The lowest BCUT2D eigenvalue weighted by Crippen LogP contribution is -1.93. The molecule has 3 N–H and O–H groups in total. The van der Waals surface area contributed by atoms with Gasteiger partial charge in [-0.05, 0) is 78.9 Å². The van der Waals surface area contributed by atoms with E-state index in [0.717, 1.165) is 56.1 Å². The summed E-state index contributed by atoms with van der Waals surface area (Å²) in [6.45, 7) is 0. The van der Waals surface area contributed by atoms with E-state index in [4.69, 9.17) is 4.98 Å². The molecule has 6 heteroatoms. The molecule has 0 aliphatic heterocycles. The number of pyridine rings is 1. The second-order valence-electron chi connectivity index (χ2n) is 8.03. The first-order valence-electron chi connectivity index (χ1n) is 10.9. The van der Waals surface area contributed by atoms with Crippen LogP contribution < -0.4 is 10.6 Å². The number of benzene rings is 4. The van der Waals surface area contributed by atoms with E-state index in [-0.39, 0.29) is 5.82 Å². The summed E-state index contributed by atoms with van der Waals surface area (Å²) in [5.41, 5.74) is 7.31. The van der Waals surface area contributed by atoms with Crippen molar-refractivity contribution in [3.05, 3.63) is 109 Å². The molecule has 5 nitrogen and oxygen atoms in total. The zero-order valence-corrected chi connectivity index (χ0v) is 18.1. The summed E-state index contributed by atoms with van der Waals surface area (Å²) >= 11 is 0. The van der Waals surface area contributed by atoms with Crippen LogP contribution in [-0.4, -0.2) is 15.0 Å². The van der Waals surface area contributed by atoms with Gasteiger partial charge in [0.15, 0.2) is 0 Å². The van der Waals surface area contributed by atoms with Crippen LogP contribution in [0.15, 0.2) is 103 Å². The van der Waals surface area contributed by atoms with E-state index >= 15 is 0 Å². The van der Waals surface area contributed by atoms with Gasteiger partial charge in [-0.2, -0.15) is 0 Å². The number of imidazole rings is 1. The first-order chi connectivity index (χ1) is 16.7. The highest BCUT2D eigenvalue weighted by Crippen LogP contribution is 2.28. The fourth-order valence-electron chi connectivity index (χ4n) is 4.01. The quantitative estimate of drug-likeness (QED) is 0.259. The molecule has 164 valence electrons. The highest BCUT2D eigenvalue weighted by atomic mass is 19.1. The molecule has 0 atom stereocenters. The predicted molar refractivity (Wildman–Crippen MR) is 136 cm³/mol. The van der Waals surface area contributed by atoms with Gasteiger partial charge in [-0.15, -0.1) is 0 Å². The molecule has 0 bridgehead atoms. The molecule has 0 saturated carbocycles. The van der Waals surface area contributed by atoms with Crippen LogP contribution in [0.4, 0.5) is 27.1 Å². The van der Waals surface area contributed by atoms with Crippen molar-refractivity contribution in [1.29, 1.82) is 0 Å². The van der Waals surface area contributed by atoms with Crippen LogP contribution in [0.25, 0.3) is 33.3 Å². The summed E-state index contributed by atoms with van der Waals surface area (Å²) in [4.78, 5) is 12.5. The number of fused-ring (bicyclic) bond motifs is 2. The lowest BCUT2D eigenvalue weighted by Gasteiger charge is -2.10. The molecule has 6 rings (SSSR count). The predicted octanol–water partition coefficient (Wildman–Crippen LogP) is 7.40. The third kappa shape index (κ3) is 3.93. The molecular weight excluding hydrogens is 425 g/mol. The molecule has 0 radical (unpaired) electrons. The SMILES string of the molecule is Fc1ccc2nccc(Nc3ccc(-c4nc5ccc(Nc6ccccc6)cc5[nH]4)cc3)c2c1. The summed E-state index contributed by atoms with van der Waals surface area (Å²) in [6, 6.07) is 30.6. The zero-order valence-electron chi connectivity index (χ0n) is 18.1. The summed E-state index contributed by atoms with van der Waals surface area (Å²) in [6.07, 6.45) is 1.71. The molecule has 0 unspecified atom stereocenters. The van der Waals surface area contributed by atoms with E-state index in [2.05, 4.69) is 26.7 Å². The van der Waals surface area contributed by atoms with Crippen molar-refractivity contribution < 1.29 is 4.39 Å². The van der Waals surface area contributed by atoms with E-state index in [9.17, 15) is 4.39 Å². The van der Waals surface area contributed by atoms with Crippen molar-refractivity contribution >= 4 is 44.7 Å². The minimum atomic E-state index is -0.286. The fraction of sp³-hybridized carbons (Fsp3) is 0. The number of rotatable bonds is 5. The Hall–Kier alpha value is -4.71. The Morgan fingerprint density at radius 3 is 2.29 bits per heavy atom. The van der Waals surface area contributed by atoms with E-state index in [1.165, 1.54) is 12.1 Å². The lowest BCUT2D eigenvalue weighted by molar-refractivity contribution is 0.629. The molecule has 0 spiro atoms. The van der Waals surface area contributed by atoms with Gasteiger partial charge in [0.2, 0.25) is 0 Å². The Bertz CT molecular complexity index is 1610. The van der Waals surface area contributed by atoms with E-state index in [0.29, 0.717) is 0 Å². The van der Waals surface area contributed by atoms with Crippen LogP contribution in [0.5, 0.6) is 0 Å². The number of nitrogens with one attached hydrogen (secondary N) is 3. The lowest BCUT2D eigenvalue weighted by atomic mass is 10.1. The van der Waals surface area contributed by atoms with Gasteiger partial charge in [0.1, 0.15) is 11.6 Å². The Morgan fingerprint density at radius 1 is 0.676 bits per heavy atom. The Balaban J connectivity index is 1.25. The first kappa shape index (κ1) is 19.9. The molecule has 0 saturated heterocycles. The molecular formula is C28H20FN5. The largest absolute Gasteiger partial charge is 0.355 e. The summed E-state index contributed by atoms with van der Waals surface area (Å²) in [5.74, 6) is 0.515. The number of aromatic amines is 1. The molecule has 6 aromatic rings. The number of anilines is 4. The third-order valence-electron chi connectivity index (χ3n) is 5.69. The number of nitrogens with zero attached hydrogens (tertiary/aromatic N) is 2. The van der Waals surface area contributed by atoms with Crippen molar-refractivity contribution in [3.8, 4) is 11.4 Å². The minimum absolute atomic E-state index is 0.286. The average molecular weight is 446 g/mol. The van der Waals surface area contributed by atoms with Gasteiger partial charge < -0.3 is 15.6 Å². The molecule has 4 aromatic carbocycles. The van der Waals surface area contributed by atoms with Crippen molar-refractivity contribution in [2.75, 3.05) is 10.6 Å². The van der Waals surface area contributed by atoms with Crippen molar-refractivity contribution in [3.63, 3.8) is 0 Å². The zero-order chi connectivity index (χ0) is 22.9. The van der Waals surface area contributed by atoms with Crippen LogP contribution >= 0.6 is 0 Å². The Morgan fingerprint density at radius 2 is 1.44 bits per heavy atom. The van der Waals surface area contributed by atoms with Crippen LogP contribution in [0.3, 0.4) is 0 Å². The van der Waals surface area contributed by atoms with Crippen molar-refractivity contribution in [2.45, 2.75) is 0 Å². The van der Waals surface area contributed by atoms with Crippen LogP contribution in [-0.2, 0) is 0 Å². The summed E-state index contributed by atoms with van der Waals surface area (Å²) in [7, 11) is 0. The topological polar surface area (TPSA) is 65.6 Å². The molecule has 2 aromatic heterocycles. The molecule has 2 heterocycles. The number of H-pyrrole nitrogens is 1. The van der Waals surface area contributed by atoms with Crippen molar-refractivity contribution in [1.82, 2.24) is 15.0 Å². The fourth-order valence-corrected chi connectivity index (χ4v) is 4.01. The number of aromatic nitrogens is 3. The molecule has 0 amide bonds. The molecule has 0 aliphatic rings. The number of para-hydroxylation sites is 1. The molecule has 0 aliphatic carbocycles. The molecule has 34 heavy (non-hydrogen) atoms. The van der Waals surface area contributed by atoms with Gasteiger partial charge in [0.05, 0.1) is 16.6 Å². The van der Waals surface area contributed by atoms with Gasteiger partial charge in [0.25, 0.3) is 0 Å². The maximum Gasteiger partial charge on any atom is 0.138 e. The summed E-state index contributed by atoms with van der Waals surface area (Å²) < 4.78 is 13.7. The maximum absolute atomic E-state index is 13.7. The standard InChI is InChI=1S/C28H20FN5/c29-19-8-12-24-23(16-19)25(14-15-30-24)32-21-9-6-18(7-10-21)28-33-26-13-11-22(17-27(26)34-28)31-20-4-2-1-3-5-20/h1-17,31H,(H,30,32)(H,33,34). The van der Waals surface area contributed by atoms with E-state index in [1.807, 2.05) is 72.8 Å². The van der Waals surface area contributed by atoms with E-state index < -0.39 is 0 Å². The number of halogens is 1. The second kappa shape index (κ2) is 8.33. The minimum Gasteiger partial charge on any atom is -0.355 e. The van der Waals surface area contributed by atoms with Crippen LogP contribution in [0.1, 0.15) is 0 Å². The van der Waals surface area contributed by atoms with Crippen molar-refractivity contribution in [2.24, 2.45) is 0 Å². The van der Waals surface area contributed by atoms with Gasteiger partial charge in [-0.3, -0.25) is 4.98 Å². The van der Waals surface area contributed by atoms with Gasteiger partial charge in [-0.1, -0.05) is 18.2 Å². The van der Waals surface area contributed by atoms with Gasteiger partial charge in [0, 0.05) is 39.9 Å². The first-order valence-corrected chi connectivity index (χ1v) is 10.9. The molecule has 0 fully saturated rings. The number of hydrogen-bond donors (Lipinski definition) is 3. The van der Waals surface area contributed by atoms with Crippen LogP contribution in [0, 0.1) is 5.82 Å². The Kier molecular flexibility index (Phi) is 4.88. The second-order valence-corrected chi connectivity index (χ2v) is 8.03. The average Bonchev–Trinajstić information content (AvgIpc) is 3.29. The maximum atomic E-state index is 13.7. The normalized spacial score (nSPS) is 11.1. The highest BCUT2D eigenvalue weighted by molar-refractivity contribution is 5.93. The summed E-state index contributed by atoms with van der Waals surface area (Å²) in [5, 5.41) is 7.51. The Labute approximate surface area is 195 Å². The number of hydrogen-bond acceptors (Lipinski definition) is 4. The van der Waals surface area contributed by atoms with Crippen LogP contribution in [0.2, 0.25) is 0 Å².